The lowest BCUT2D eigenvalue weighted by Crippen LogP contribution is -2.49. The zero-order chi connectivity index (χ0) is 15.4. The molecule has 1 saturated carbocycles. The predicted molar refractivity (Wildman–Crippen MR) is 65.9 cm³/mol. The highest BCUT2D eigenvalue weighted by molar-refractivity contribution is 5.54. The first-order valence-corrected chi connectivity index (χ1v) is 6.54. The first kappa shape index (κ1) is 14.1. The second kappa shape index (κ2) is 4.60. The number of hydrogen-bond donors (Lipinski definition) is 1. The summed E-state index contributed by atoms with van der Waals surface area (Å²) < 4.78 is 52.0. The average molecular weight is 300 g/mol. The largest absolute Gasteiger partial charge is 0.416 e. The van der Waals surface area contributed by atoms with Gasteiger partial charge in [0, 0.05) is 12.2 Å². The molecular formula is C14H12F4N2O. The van der Waals surface area contributed by atoms with Crippen molar-refractivity contribution in [2.75, 3.05) is 11.4 Å². The lowest BCUT2D eigenvalue weighted by atomic mass is 10.0. The number of piperidine rings is 1. The summed E-state index contributed by atoms with van der Waals surface area (Å²) in [5, 5.41) is 18.2. The molecule has 0 aromatic heterocycles. The van der Waals surface area contributed by atoms with Gasteiger partial charge in [-0.15, -0.1) is 0 Å². The molecule has 7 heteroatoms. The maximum atomic E-state index is 13.6. The van der Waals surface area contributed by atoms with Gasteiger partial charge in [-0.2, -0.15) is 18.4 Å². The van der Waals surface area contributed by atoms with E-state index >= 15 is 0 Å². The van der Waals surface area contributed by atoms with Gasteiger partial charge in [-0.25, -0.2) is 4.39 Å². The number of anilines is 1. The molecule has 0 amide bonds. The van der Waals surface area contributed by atoms with Crippen LogP contribution in [0.2, 0.25) is 0 Å². The molecule has 0 unspecified atom stereocenters. The number of hydrogen-bond acceptors (Lipinski definition) is 3. The van der Waals surface area contributed by atoms with Crippen molar-refractivity contribution in [3.63, 3.8) is 0 Å². The zero-order valence-corrected chi connectivity index (χ0v) is 10.8. The van der Waals surface area contributed by atoms with Crippen molar-refractivity contribution in [1.29, 1.82) is 5.26 Å². The number of halogens is 4. The Bertz CT molecular complexity index is 610. The monoisotopic (exact) mass is 300 g/mol. The lowest BCUT2D eigenvalue weighted by Gasteiger charge is -2.33. The highest BCUT2D eigenvalue weighted by atomic mass is 19.4. The molecule has 3 rings (SSSR count). The fourth-order valence-electron chi connectivity index (χ4n) is 3.15. The first-order chi connectivity index (χ1) is 9.82. The number of fused-ring (bicyclic) bond motifs is 1. The molecule has 1 aromatic carbocycles. The third-order valence-electron chi connectivity index (χ3n) is 4.27. The summed E-state index contributed by atoms with van der Waals surface area (Å²) in [7, 11) is 0. The molecular weight excluding hydrogens is 288 g/mol. The van der Waals surface area contributed by atoms with Crippen molar-refractivity contribution in [2.24, 2.45) is 11.8 Å². The molecule has 1 aromatic rings. The summed E-state index contributed by atoms with van der Waals surface area (Å²) in [4.78, 5) is 1.40. The minimum Gasteiger partial charge on any atom is -0.382 e. The van der Waals surface area contributed by atoms with Gasteiger partial charge < -0.3 is 10.0 Å². The second-order valence-electron chi connectivity index (χ2n) is 5.56. The van der Waals surface area contributed by atoms with Crippen molar-refractivity contribution in [3.8, 4) is 6.07 Å². The summed E-state index contributed by atoms with van der Waals surface area (Å²) in [5.41, 5.74) is 0.114. The van der Waals surface area contributed by atoms with Crippen LogP contribution in [0.4, 0.5) is 23.2 Å². The second-order valence-corrected chi connectivity index (χ2v) is 5.56. The molecule has 1 heterocycles. The summed E-state index contributed by atoms with van der Waals surface area (Å²) in [6.07, 6.45) is -6.49. The van der Waals surface area contributed by atoms with Crippen LogP contribution < -0.4 is 4.90 Å². The smallest absolute Gasteiger partial charge is 0.382 e. The van der Waals surface area contributed by atoms with Crippen LogP contribution in [0.3, 0.4) is 0 Å². The number of aliphatic hydroxyl groups is 1. The Morgan fingerprint density at radius 2 is 2.10 bits per heavy atom. The van der Waals surface area contributed by atoms with Crippen LogP contribution in [0.1, 0.15) is 12.0 Å². The van der Waals surface area contributed by atoms with Gasteiger partial charge in [0.05, 0.1) is 11.6 Å². The fourth-order valence-corrected chi connectivity index (χ4v) is 3.15. The summed E-state index contributed by atoms with van der Waals surface area (Å²) in [5.74, 6) is -0.859. The SMILES string of the molecule is N#Cc1ccc(N2C[C@H]3C[C@H]3[C@@H]2[C@H](O)C(F)(F)F)cc1F. The summed E-state index contributed by atoms with van der Waals surface area (Å²) in [6.45, 7) is 0.369. The Hall–Kier alpha value is -1.81. The van der Waals surface area contributed by atoms with E-state index in [1.807, 2.05) is 0 Å². The van der Waals surface area contributed by atoms with Crippen LogP contribution >= 0.6 is 0 Å². The Kier molecular flexibility index (Phi) is 3.10. The van der Waals surface area contributed by atoms with Gasteiger partial charge >= 0.3 is 6.18 Å². The van der Waals surface area contributed by atoms with Gasteiger partial charge in [0.15, 0.2) is 6.10 Å². The van der Waals surface area contributed by atoms with E-state index in [4.69, 9.17) is 5.26 Å². The molecule has 112 valence electrons. The van der Waals surface area contributed by atoms with Crippen LogP contribution in [0.5, 0.6) is 0 Å². The Balaban J connectivity index is 1.91. The summed E-state index contributed by atoms with van der Waals surface area (Å²) in [6, 6.07) is 4.30. The van der Waals surface area contributed by atoms with Crippen LogP contribution in [0.15, 0.2) is 18.2 Å². The number of benzene rings is 1. The maximum Gasteiger partial charge on any atom is 0.416 e. The highest BCUT2D eigenvalue weighted by Crippen LogP contribution is 2.53. The molecule has 0 spiro atoms. The summed E-state index contributed by atoms with van der Waals surface area (Å²) >= 11 is 0. The van der Waals surface area contributed by atoms with Crippen molar-refractivity contribution in [1.82, 2.24) is 0 Å². The first-order valence-electron chi connectivity index (χ1n) is 6.54. The minimum atomic E-state index is -4.70. The van der Waals surface area contributed by atoms with E-state index in [2.05, 4.69) is 0 Å². The van der Waals surface area contributed by atoms with Gasteiger partial charge in [0.1, 0.15) is 11.9 Å². The van der Waals surface area contributed by atoms with Gasteiger partial charge in [0.2, 0.25) is 0 Å². The van der Waals surface area contributed by atoms with E-state index in [1.165, 1.54) is 17.0 Å². The van der Waals surface area contributed by atoms with E-state index in [0.29, 0.717) is 13.0 Å². The number of nitrogens with zero attached hydrogens (tertiary/aromatic N) is 2. The topological polar surface area (TPSA) is 47.3 Å². The molecule has 4 atom stereocenters. The molecule has 1 aliphatic heterocycles. The van der Waals surface area contributed by atoms with Crippen LogP contribution in [0, 0.1) is 29.0 Å². The molecule has 21 heavy (non-hydrogen) atoms. The molecule has 2 fully saturated rings. The van der Waals surface area contributed by atoms with Crippen molar-refractivity contribution in [3.05, 3.63) is 29.6 Å². The molecule has 0 bridgehead atoms. The molecule has 1 aliphatic carbocycles. The lowest BCUT2D eigenvalue weighted by molar-refractivity contribution is -0.210. The third-order valence-corrected chi connectivity index (χ3v) is 4.27. The molecule has 2 aliphatic rings. The normalized spacial score (nSPS) is 29.0. The molecule has 1 N–H and O–H groups in total. The maximum absolute atomic E-state index is 13.6. The van der Waals surface area contributed by atoms with E-state index in [9.17, 15) is 22.7 Å². The van der Waals surface area contributed by atoms with Crippen LogP contribution in [-0.4, -0.2) is 30.0 Å². The van der Waals surface area contributed by atoms with Gasteiger partial charge in [-0.1, -0.05) is 0 Å². The Labute approximate surface area is 118 Å². The molecule has 1 saturated heterocycles. The number of alkyl halides is 3. The van der Waals surface area contributed by atoms with Gasteiger partial charge in [0.25, 0.3) is 0 Å². The van der Waals surface area contributed by atoms with E-state index < -0.39 is 24.1 Å². The average Bonchev–Trinajstić information content (AvgIpc) is 3.08. The highest BCUT2D eigenvalue weighted by Gasteiger charge is 2.60. The van der Waals surface area contributed by atoms with Crippen LogP contribution in [-0.2, 0) is 0 Å². The fraction of sp³-hybridized carbons (Fsp3) is 0.500. The van der Waals surface area contributed by atoms with E-state index in [-0.39, 0.29) is 23.1 Å². The van der Waals surface area contributed by atoms with E-state index in [1.54, 1.807) is 6.07 Å². The van der Waals surface area contributed by atoms with Gasteiger partial charge in [-0.05, 0) is 36.5 Å². The van der Waals surface area contributed by atoms with Gasteiger partial charge in [-0.3, -0.25) is 0 Å². The minimum absolute atomic E-state index is 0.116. The van der Waals surface area contributed by atoms with Crippen molar-refractivity contribution >= 4 is 5.69 Å². The number of rotatable bonds is 2. The zero-order valence-electron chi connectivity index (χ0n) is 10.8. The van der Waals surface area contributed by atoms with Crippen molar-refractivity contribution < 1.29 is 22.7 Å². The van der Waals surface area contributed by atoms with Crippen molar-refractivity contribution in [2.45, 2.75) is 24.7 Å². The quantitative estimate of drug-likeness (QED) is 0.853. The Morgan fingerprint density at radius 1 is 1.38 bits per heavy atom. The Morgan fingerprint density at radius 3 is 2.67 bits per heavy atom. The van der Waals surface area contributed by atoms with Crippen LogP contribution in [0.25, 0.3) is 0 Å². The standard InChI is InChI=1S/C14H12F4N2O/c15-11-4-9(2-1-7(11)5-19)20-6-8-3-10(8)12(20)13(21)14(16,17)18/h1-2,4,8,10,12-13,21H,3,6H2/t8-,10-,12-,13+/m1/s1. The number of nitriles is 1. The predicted octanol–water partition coefficient (Wildman–Crippen LogP) is 2.45. The molecule has 0 radical (unpaired) electrons. The van der Waals surface area contributed by atoms with E-state index in [0.717, 1.165) is 6.07 Å². The third kappa shape index (κ3) is 2.33. The number of aliphatic hydroxyl groups excluding tert-OH is 1. The molecule has 3 nitrogen and oxygen atoms in total.